The second-order valence-electron chi connectivity index (χ2n) is 5.66. The van der Waals surface area contributed by atoms with E-state index >= 15 is 0 Å². The number of rotatable bonds is 4. The summed E-state index contributed by atoms with van der Waals surface area (Å²) in [6.45, 7) is 7.10. The summed E-state index contributed by atoms with van der Waals surface area (Å²) in [5.41, 5.74) is 0.513. The number of hydrogen-bond donors (Lipinski definition) is 1. The number of carbonyl (C=O) groups is 2. The number of cyclic esters (lactones) is 2. The molecular weight excluding hydrogens is 338 g/mol. The van der Waals surface area contributed by atoms with Gasteiger partial charge >= 0.3 is 11.9 Å². The number of benzene rings is 1. The summed E-state index contributed by atoms with van der Waals surface area (Å²) in [5, 5.41) is 3.87. The zero-order chi connectivity index (χ0) is 17.2. The van der Waals surface area contributed by atoms with Crippen LogP contribution >= 0.6 is 23.4 Å². The van der Waals surface area contributed by atoms with E-state index in [0.29, 0.717) is 16.0 Å². The topological polar surface area (TPSA) is 64.6 Å². The van der Waals surface area contributed by atoms with E-state index in [1.54, 1.807) is 23.9 Å². The second kappa shape index (κ2) is 6.84. The predicted octanol–water partition coefficient (Wildman–Crippen LogP) is 3.97. The Hall–Kier alpha value is -1.66. The average Bonchev–Trinajstić information content (AvgIpc) is 2.39. The highest BCUT2D eigenvalue weighted by molar-refractivity contribution is 8.00. The van der Waals surface area contributed by atoms with Crippen LogP contribution in [0.4, 0.5) is 5.69 Å². The van der Waals surface area contributed by atoms with Crippen molar-refractivity contribution in [1.29, 1.82) is 0 Å². The summed E-state index contributed by atoms with van der Waals surface area (Å²) in [4.78, 5) is 24.7. The molecule has 0 aromatic heterocycles. The lowest BCUT2D eigenvalue weighted by Crippen LogP contribution is -2.42. The van der Waals surface area contributed by atoms with Crippen LogP contribution < -0.4 is 5.32 Å². The third-order valence-electron chi connectivity index (χ3n) is 2.81. The predicted molar refractivity (Wildman–Crippen MR) is 90.4 cm³/mol. The molecule has 1 aromatic rings. The van der Waals surface area contributed by atoms with E-state index in [1.165, 1.54) is 20.0 Å². The van der Waals surface area contributed by atoms with E-state index in [0.717, 1.165) is 4.90 Å². The molecule has 1 aromatic carbocycles. The smallest absolute Gasteiger partial charge is 0.350 e. The van der Waals surface area contributed by atoms with Crippen LogP contribution in [0.5, 0.6) is 0 Å². The largest absolute Gasteiger partial charge is 0.419 e. The third-order valence-corrected chi connectivity index (χ3v) is 4.38. The molecule has 0 radical (unpaired) electrons. The van der Waals surface area contributed by atoms with Gasteiger partial charge in [0.05, 0.1) is 10.7 Å². The van der Waals surface area contributed by atoms with Crippen molar-refractivity contribution in [2.45, 2.75) is 43.6 Å². The fraction of sp³-hybridized carbons (Fsp3) is 0.375. The summed E-state index contributed by atoms with van der Waals surface area (Å²) in [6.07, 6.45) is 1.29. The number of halogens is 1. The molecule has 0 amide bonds. The Bertz CT molecular complexity index is 648. The molecule has 0 bridgehead atoms. The monoisotopic (exact) mass is 355 g/mol. The number of thioether (sulfide) groups is 1. The van der Waals surface area contributed by atoms with Crippen molar-refractivity contribution in [2.24, 2.45) is 0 Å². The van der Waals surface area contributed by atoms with Gasteiger partial charge in [-0.25, -0.2) is 9.59 Å². The number of esters is 2. The molecule has 0 saturated carbocycles. The summed E-state index contributed by atoms with van der Waals surface area (Å²) in [7, 11) is 0. The van der Waals surface area contributed by atoms with Gasteiger partial charge < -0.3 is 14.8 Å². The first-order valence-corrected chi connectivity index (χ1v) is 8.34. The van der Waals surface area contributed by atoms with Crippen molar-refractivity contribution < 1.29 is 19.1 Å². The third kappa shape index (κ3) is 4.42. The quantitative estimate of drug-likeness (QED) is 0.381. The van der Waals surface area contributed by atoms with E-state index < -0.39 is 17.7 Å². The van der Waals surface area contributed by atoms with E-state index in [1.807, 2.05) is 19.9 Å². The van der Waals surface area contributed by atoms with Gasteiger partial charge in [0.15, 0.2) is 5.57 Å². The number of anilines is 1. The SMILES string of the molecule is CC(C)Sc1c(Cl)cccc1NC=C1C(=O)OC(C)(C)OC1=O. The highest BCUT2D eigenvalue weighted by Gasteiger charge is 2.38. The lowest BCUT2D eigenvalue weighted by molar-refractivity contribution is -0.222. The molecule has 0 unspecified atom stereocenters. The Balaban J connectivity index is 2.25. The molecule has 7 heteroatoms. The van der Waals surface area contributed by atoms with E-state index in [9.17, 15) is 9.59 Å². The van der Waals surface area contributed by atoms with Crippen LogP contribution in [-0.4, -0.2) is 23.0 Å². The van der Waals surface area contributed by atoms with E-state index in [2.05, 4.69) is 5.32 Å². The Kier molecular flexibility index (Phi) is 5.26. The van der Waals surface area contributed by atoms with Gasteiger partial charge in [-0.1, -0.05) is 31.5 Å². The van der Waals surface area contributed by atoms with Crippen LogP contribution in [0.3, 0.4) is 0 Å². The minimum absolute atomic E-state index is 0.190. The zero-order valence-electron chi connectivity index (χ0n) is 13.3. The maximum atomic E-state index is 11.9. The van der Waals surface area contributed by atoms with Gasteiger partial charge in [0.25, 0.3) is 5.79 Å². The highest BCUT2D eigenvalue weighted by Crippen LogP contribution is 2.36. The molecule has 0 atom stereocenters. The Labute approximate surface area is 144 Å². The molecule has 5 nitrogen and oxygen atoms in total. The Morgan fingerprint density at radius 2 is 1.83 bits per heavy atom. The maximum Gasteiger partial charge on any atom is 0.350 e. The summed E-state index contributed by atoms with van der Waals surface area (Å²) >= 11 is 7.81. The van der Waals surface area contributed by atoms with E-state index in [4.69, 9.17) is 21.1 Å². The highest BCUT2D eigenvalue weighted by atomic mass is 35.5. The van der Waals surface area contributed by atoms with Crippen molar-refractivity contribution in [3.05, 3.63) is 35.0 Å². The molecule has 0 spiro atoms. The van der Waals surface area contributed by atoms with E-state index in [-0.39, 0.29) is 5.57 Å². The van der Waals surface area contributed by atoms with Gasteiger partial charge in [-0.3, -0.25) is 0 Å². The lowest BCUT2D eigenvalue weighted by atomic mass is 10.2. The first kappa shape index (κ1) is 17.7. The van der Waals surface area contributed by atoms with Crippen LogP contribution in [0.2, 0.25) is 5.02 Å². The van der Waals surface area contributed by atoms with Crippen LogP contribution in [0.25, 0.3) is 0 Å². The second-order valence-corrected chi connectivity index (χ2v) is 7.66. The molecule has 1 aliphatic heterocycles. The molecule has 23 heavy (non-hydrogen) atoms. The number of ether oxygens (including phenoxy) is 2. The summed E-state index contributed by atoms with van der Waals surface area (Å²) in [6, 6.07) is 5.39. The van der Waals surface area contributed by atoms with Gasteiger partial charge in [-0.15, -0.1) is 11.8 Å². The minimum atomic E-state index is -1.25. The molecule has 1 aliphatic rings. The average molecular weight is 356 g/mol. The molecule has 1 heterocycles. The zero-order valence-corrected chi connectivity index (χ0v) is 14.9. The molecule has 1 fully saturated rings. The molecular formula is C16H18ClNO4S. The Morgan fingerprint density at radius 1 is 1.22 bits per heavy atom. The van der Waals surface area contributed by atoms with Crippen LogP contribution in [-0.2, 0) is 19.1 Å². The molecule has 124 valence electrons. The van der Waals surface area contributed by atoms with Crippen molar-refractivity contribution in [2.75, 3.05) is 5.32 Å². The maximum absolute atomic E-state index is 11.9. The number of nitrogens with one attached hydrogen (secondary N) is 1. The van der Waals surface area contributed by atoms with Gasteiger partial charge in [-0.2, -0.15) is 0 Å². The molecule has 0 aliphatic carbocycles. The first-order valence-electron chi connectivity index (χ1n) is 7.08. The fourth-order valence-corrected chi connectivity index (χ4v) is 3.12. The minimum Gasteiger partial charge on any atom is -0.419 e. The van der Waals surface area contributed by atoms with Crippen molar-refractivity contribution in [3.8, 4) is 0 Å². The van der Waals surface area contributed by atoms with Crippen LogP contribution in [0.1, 0.15) is 27.7 Å². The molecule has 1 saturated heterocycles. The van der Waals surface area contributed by atoms with Crippen LogP contribution in [0, 0.1) is 0 Å². The number of carbonyl (C=O) groups excluding carboxylic acids is 2. The van der Waals surface area contributed by atoms with Gasteiger partial charge in [0.1, 0.15) is 0 Å². The van der Waals surface area contributed by atoms with Crippen molar-refractivity contribution in [1.82, 2.24) is 0 Å². The van der Waals surface area contributed by atoms with Gasteiger partial charge in [-0.05, 0) is 12.1 Å². The standard InChI is InChI=1S/C16H18ClNO4S/c1-9(2)23-13-11(17)6-5-7-12(13)18-8-10-14(19)21-16(3,4)22-15(10)20/h5-9,18H,1-4H3. The Morgan fingerprint density at radius 3 is 2.39 bits per heavy atom. The normalized spacial score (nSPS) is 16.9. The van der Waals surface area contributed by atoms with Crippen molar-refractivity contribution in [3.63, 3.8) is 0 Å². The van der Waals surface area contributed by atoms with Gasteiger partial charge in [0.2, 0.25) is 0 Å². The molecule has 1 N–H and O–H groups in total. The van der Waals surface area contributed by atoms with Gasteiger partial charge in [0, 0.05) is 30.2 Å². The molecule has 2 rings (SSSR count). The summed E-state index contributed by atoms with van der Waals surface area (Å²) in [5.74, 6) is -2.70. The lowest BCUT2D eigenvalue weighted by Gasteiger charge is -2.29. The fourth-order valence-electron chi connectivity index (χ4n) is 1.91. The summed E-state index contributed by atoms with van der Waals surface area (Å²) < 4.78 is 10.1. The number of hydrogen-bond acceptors (Lipinski definition) is 6. The first-order chi connectivity index (χ1) is 10.7. The van der Waals surface area contributed by atoms with Crippen molar-refractivity contribution >= 4 is 41.0 Å². The van der Waals surface area contributed by atoms with Crippen LogP contribution in [0.15, 0.2) is 34.9 Å².